The van der Waals surface area contributed by atoms with Crippen LogP contribution in [0.1, 0.15) is 18.2 Å². The van der Waals surface area contributed by atoms with Gasteiger partial charge in [0.05, 0.1) is 13.2 Å². The van der Waals surface area contributed by atoms with Gasteiger partial charge in [0.2, 0.25) is 0 Å². The minimum Gasteiger partial charge on any atom is -0.459 e. The molecular weight excluding hydrogens is 462 g/mol. The quantitative estimate of drug-likeness (QED) is 0.371. The number of ether oxygens (including phenoxy) is 1. The Labute approximate surface area is 176 Å². The number of hydrogen-bond donors (Lipinski definition) is 2. The van der Waals surface area contributed by atoms with Gasteiger partial charge < -0.3 is 19.8 Å². The van der Waals surface area contributed by atoms with Crippen LogP contribution in [-0.2, 0) is 11.3 Å². The molecule has 0 atom stereocenters. The Morgan fingerprint density at radius 2 is 2.04 bits per heavy atom. The van der Waals surface area contributed by atoms with Crippen LogP contribution >= 0.6 is 24.0 Å². The molecule has 2 heterocycles. The molecule has 0 spiro atoms. The van der Waals surface area contributed by atoms with Gasteiger partial charge in [-0.1, -0.05) is 0 Å². The lowest BCUT2D eigenvalue weighted by Crippen LogP contribution is -2.44. The van der Waals surface area contributed by atoms with Crippen molar-refractivity contribution in [2.45, 2.75) is 20.4 Å². The monoisotopic (exact) mass is 490 g/mol. The van der Waals surface area contributed by atoms with Gasteiger partial charge in [0.1, 0.15) is 23.7 Å². The van der Waals surface area contributed by atoms with Gasteiger partial charge in [-0.05, 0) is 32.0 Å². The molecule has 0 radical (unpaired) electrons. The molecule has 150 valence electrons. The first kappa shape index (κ1) is 21.9. The molecule has 3 rings (SSSR count). The summed E-state index contributed by atoms with van der Waals surface area (Å²) in [5, 5.41) is 7.41. The Bertz CT molecular complexity index is 759. The highest BCUT2D eigenvalue weighted by atomic mass is 127. The highest BCUT2D eigenvalue weighted by molar-refractivity contribution is 14.0. The predicted octanol–water partition coefficient (Wildman–Crippen LogP) is 2.89. The number of morpholine rings is 1. The summed E-state index contributed by atoms with van der Waals surface area (Å²) in [6.07, 6.45) is 0. The van der Waals surface area contributed by atoms with Crippen LogP contribution in [0.3, 0.4) is 0 Å². The zero-order valence-corrected chi connectivity index (χ0v) is 18.2. The van der Waals surface area contributed by atoms with Crippen molar-refractivity contribution in [3.05, 3.63) is 35.3 Å². The summed E-state index contributed by atoms with van der Waals surface area (Å²) in [6, 6.07) is 4.58. The molecule has 6 nitrogen and oxygen atoms in total. The van der Waals surface area contributed by atoms with E-state index in [9.17, 15) is 4.39 Å². The number of furan rings is 1. The summed E-state index contributed by atoms with van der Waals surface area (Å²) in [5.74, 6) is 1.26. The minimum absolute atomic E-state index is 0. The molecule has 0 unspecified atom stereocenters. The van der Waals surface area contributed by atoms with E-state index in [1.54, 1.807) is 6.07 Å². The van der Waals surface area contributed by atoms with E-state index >= 15 is 0 Å². The largest absolute Gasteiger partial charge is 0.459 e. The van der Waals surface area contributed by atoms with Crippen LogP contribution in [0.25, 0.3) is 11.0 Å². The number of nitrogens with one attached hydrogen (secondary N) is 2. The van der Waals surface area contributed by atoms with Gasteiger partial charge in [-0.15, -0.1) is 24.0 Å². The van der Waals surface area contributed by atoms with Crippen molar-refractivity contribution < 1.29 is 13.5 Å². The molecule has 1 saturated heterocycles. The van der Waals surface area contributed by atoms with Crippen molar-refractivity contribution in [3.8, 4) is 0 Å². The fraction of sp³-hybridized carbons (Fsp3) is 0.526. The molecule has 0 aliphatic carbocycles. The highest BCUT2D eigenvalue weighted by Crippen LogP contribution is 2.26. The van der Waals surface area contributed by atoms with E-state index in [4.69, 9.17) is 9.15 Å². The molecule has 1 aromatic carbocycles. The van der Waals surface area contributed by atoms with Crippen molar-refractivity contribution in [2.75, 3.05) is 45.9 Å². The van der Waals surface area contributed by atoms with Crippen LogP contribution in [0.5, 0.6) is 0 Å². The van der Waals surface area contributed by atoms with Crippen molar-refractivity contribution in [1.29, 1.82) is 0 Å². The third-order valence-corrected chi connectivity index (χ3v) is 4.55. The highest BCUT2D eigenvalue weighted by Gasteiger charge is 2.12. The van der Waals surface area contributed by atoms with Crippen LogP contribution in [0.15, 0.2) is 27.6 Å². The number of benzene rings is 1. The van der Waals surface area contributed by atoms with E-state index in [2.05, 4.69) is 20.5 Å². The second kappa shape index (κ2) is 10.8. The summed E-state index contributed by atoms with van der Waals surface area (Å²) in [7, 11) is 0. The topological polar surface area (TPSA) is 62.0 Å². The Kier molecular flexibility index (Phi) is 8.78. The number of guanidine groups is 1. The lowest BCUT2D eigenvalue weighted by molar-refractivity contribution is 0.0389. The van der Waals surface area contributed by atoms with E-state index < -0.39 is 0 Å². The maximum atomic E-state index is 13.4. The van der Waals surface area contributed by atoms with Crippen LogP contribution in [-0.4, -0.2) is 56.8 Å². The van der Waals surface area contributed by atoms with Crippen molar-refractivity contribution in [1.82, 2.24) is 15.5 Å². The Morgan fingerprint density at radius 3 is 2.78 bits per heavy atom. The van der Waals surface area contributed by atoms with E-state index in [-0.39, 0.29) is 29.8 Å². The van der Waals surface area contributed by atoms with Gasteiger partial charge in [-0.2, -0.15) is 0 Å². The van der Waals surface area contributed by atoms with Gasteiger partial charge in [-0.3, -0.25) is 4.90 Å². The van der Waals surface area contributed by atoms with Crippen LogP contribution < -0.4 is 10.6 Å². The first-order valence-electron chi connectivity index (χ1n) is 9.17. The third-order valence-electron chi connectivity index (χ3n) is 4.55. The Hall–Kier alpha value is -1.39. The molecule has 0 amide bonds. The normalized spacial score (nSPS) is 15.6. The lowest BCUT2D eigenvalue weighted by atomic mass is 10.1. The molecule has 8 heteroatoms. The smallest absolute Gasteiger partial charge is 0.191 e. The van der Waals surface area contributed by atoms with Crippen molar-refractivity contribution >= 4 is 40.9 Å². The minimum atomic E-state index is -0.255. The number of hydrogen-bond acceptors (Lipinski definition) is 4. The Balaban J connectivity index is 0.00000261. The van der Waals surface area contributed by atoms with Gasteiger partial charge in [0, 0.05) is 43.7 Å². The van der Waals surface area contributed by atoms with Gasteiger partial charge in [-0.25, -0.2) is 9.38 Å². The van der Waals surface area contributed by atoms with E-state index in [0.717, 1.165) is 68.6 Å². The van der Waals surface area contributed by atoms with Gasteiger partial charge in [0.25, 0.3) is 0 Å². The SMILES string of the molecule is CCNC(=NCc1oc2ccc(F)cc2c1C)NCCN1CCOCC1.I. The molecule has 0 saturated carbocycles. The average Bonchev–Trinajstić information content (AvgIpc) is 2.96. The summed E-state index contributed by atoms with van der Waals surface area (Å²) < 4.78 is 24.6. The number of rotatable bonds is 6. The molecule has 2 N–H and O–H groups in total. The molecule has 1 aliphatic rings. The van der Waals surface area contributed by atoms with Crippen LogP contribution in [0, 0.1) is 12.7 Å². The fourth-order valence-electron chi connectivity index (χ4n) is 3.04. The first-order valence-corrected chi connectivity index (χ1v) is 9.17. The average molecular weight is 490 g/mol. The second-order valence-electron chi connectivity index (χ2n) is 6.37. The fourth-order valence-corrected chi connectivity index (χ4v) is 3.04. The molecule has 1 aliphatic heterocycles. The first-order chi connectivity index (χ1) is 12.7. The maximum Gasteiger partial charge on any atom is 0.191 e. The van der Waals surface area contributed by atoms with E-state index in [1.165, 1.54) is 12.1 Å². The summed E-state index contributed by atoms with van der Waals surface area (Å²) in [4.78, 5) is 6.98. The van der Waals surface area contributed by atoms with Crippen LogP contribution in [0.2, 0.25) is 0 Å². The number of halogens is 2. The summed E-state index contributed by atoms with van der Waals surface area (Å²) >= 11 is 0. The molecule has 0 bridgehead atoms. The number of fused-ring (bicyclic) bond motifs is 1. The molecule has 1 aromatic heterocycles. The van der Waals surface area contributed by atoms with Gasteiger partial charge in [0.15, 0.2) is 5.96 Å². The summed E-state index contributed by atoms with van der Waals surface area (Å²) in [5.41, 5.74) is 1.63. The van der Waals surface area contributed by atoms with Crippen LogP contribution in [0.4, 0.5) is 4.39 Å². The number of aliphatic imine (C=N–C) groups is 1. The zero-order chi connectivity index (χ0) is 18.4. The zero-order valence-electron chi connectivity index (χ0n) is 15.9. The van der Waals surface area contributed by atoms with Crippen molar-refractivity contribution in [3.63, 3.8) is 0 Å². The molecule has 1 fully saturated rings. The molecule has 2 aromatic rings. The summed E-state index contributed by atoms with van der Waals surface area (Å²) in [6.45, 7) is 10.5. The Morgan fingerprint density at radius 1 is 1.26 bits per heavy atom. The number of nitrogens with zero attached hydrogens (tertiary/aromatic N) is 2. The second-order valence-corrected chi connectivity index (χ2v) is 6.37. The van der Waals surface area contributed by atoms with E-state index in [1.807, 2.05) is 13.8 Å². The molecular formula is C19H28FIN4O2. The van der Waals surface area contributed by atoms with E-state index in [0.29, 0.717) is 12.1 Å². The van der Waals surface area contributed by atoms with Gasteiger partial charge >= 0.3 is 0 Å². The van der Waals surface area contributed by atoms with Crippen molar-refractivity contribution in [2.24, 2.45) is 4.99 Å². The maximum absolute atomic E-state index is 13.4. The third kappa shape index (κ3) is 6.05. The lowest BCUT2D eigenvalue weighted by Gasteiger charge is -2.26. The standard InChI is InChI=1S/C19H27FN4O2.HI/c1-3-21-19(22-6-7-24-8-10-25-11-9-24)23-13-18-14(2)16-12-15(20)4-5-17(16)26-18;/h4-5,12H,3,6-11,13H2,1-2H3,(H2,21,22,23);1H. The number of aryl methyl sites for hydroxylation is 1. The predicted molar refractivity (Wildman–Crippen MR) is 116 cm³/mol. The molecule has 27 heavy (non-hydrogen) atoms.